The van der Waals surface area contributed by atoms with Crippen molar-refractivity contribution in [1.82, 2.24) is 9.55 Å². The van der Waals surface area contributed by atoms with Gasteiger partial charge in [0.05, 0.1) is 10.6 Å². The van der Waals surface area contributed by atoms with E-state index in [1.165, 1.54) is 16.6 Å². The highest BCUT2D eigenvalue weighted by Crippen LogP contribution is 2.29. The Morgan fingerprint density at radius 1 is 1.22 bits per heavy atom. The van der Waals surface area contributed by atoms with Crippen LogP contribution in [0.3, 0.4) is 0 Å². The van der Waals surface area contributed by atoms with Crippen LogP contribution < -0.4 is 4.90 Å². The van der Waals surface area contributed by atoms with Crippen LogP contribution in [0.4, 0.5) is 5.69 Å². The summed E-state index contributed by atoms with van der Waals surface area (Å²) in [5.74, 6) is 6.57. The predicted molar refractivity (Wildman–Crippen MR) is 96.8 cm³/mol. The summed E-state index contributed by atoms with van der Waals surface area (Å²) >= 11 is 1.69. The molecule has 0 N–H and O–H groups in total. The molecule has 1 aliphatic heterocycles. The maximum absolute atomic E-state index is 4.47. The third-order valence-corrected chi connectivity index (χ3v) is 4.92. The fourth-order valence-corrected chi connectivity index (χ4v) is 3.51. The molecule has 1 aliphatic rings. The van der Waals surface area contributed by atoms with Crippen LogP contribution >= 0.6 is 11.3 Å². The lowest BCUT2D eigenvalue weighted by atomic mass is 10.1. The molecule has 0 saturated carbocycles. The predicted octanol–water partition coefficient (Wildman–Crippen LogP) is 3.82. The van der Waals surface area contributed by atoms with Crippen molar-refractivity contribution in [2.45, 2.75) is 6.42 Å². The van der Waals surface area contributed by atoms with Crippen LogP contribution in [0.5, 0.6) is 0 Å². The molecular formula is C19H17N3S. The van der Waals surface area contributed by atoms with E-state index in [-0.39, 0.29) is 0 Å². The lowest BCUT2D eigenvalue weighted by Crippen LogP contribution is -2.28. The molecule has 3 nitrogen and oxygen atoms in total. The average Bonchev–Trinajstić information content (AvgIpc) is 3.22. The normalized spacial score (nSPS) is 14.5. The van der Waals surface area contributed by atoms with E-state index < -0.39 is 0 Å². The maximum atomic E-state index is 4.47. The Hall–Kier alpha value is -2.51. The van der Waals surface area contributed by atoms with E-state index in [4.69, 9.17) is 0 Å². The van der Waals surface area contributed by atoms with Gasteiger partial charge in [0.1, 0.15) is 5.65 Å². The van der Waals surface area contributed by atoms with Gasteiger partial charge < -0.3 is 9.47 Å². The van der Waals surface area contributed by atoms with Gasteiger partial charge in [-0.3, -0.25) is 0 Å². The first-order valence-electron chi connectivity index (χ1n) is 7.71. The van der Waals surface area contributed by atoms with Crippen LogP contribution in [-0.4, -0.2) is 22.6 Å². The van der Waals surface area contributed by atoms with Gasteiger partial charge in [0.25, 0.3) is 0 Å². The lowest BCUT2D eigenvalue weighted by Gasteiger charge is -2.26. The van der Waals surface area contributed by atoms with Crippen LogP contribution in [-0.2, 0) is 7.05 Å². The van der Waals surface area contributed by atoms with Crippen molar-refractivity contribution in [3.63, 3.8) is 0 Å². The molecule has 23 heavy (non-hydrogen) atoms. The van der Waals surface area contributed by atoms with Crippen LogP contribution in [0.2, 0.25) is 0 Å². The summed E-state index contributed by atoms with van der Waals surface area (Å²) in [4.78, 5) is 8.00. The number of thiophene rings is 1. The van der Waals surface area contributed by atoms with Crippen LogP contribution in [0.1, 0.15) is 11.3 Å². The molecule has 0 radical (unpaired) electrons. The summed E-state index contributed by atoms with van der Waals surface area (Å²) in [6.07, 6.45) is 7.27. The number of nitrogens with zero attached hydrogens (tertiary/aromatic N) is 3. The van der Waals surface area contributed by atoms with Gasteiger partial charge in [0, 0.05) is 43.5 Å². The van der Waals surface area contributed by atoms with E-state index in [0.29, 0.717) is 0 Å². The molecule has 0 aromatic carbocycles. The minimum Gasteiger partial charge on any atom is -0.366 e. The summed E-state index contributed by atoms with van der Waals surface area (Å²) in [7, 11) is 2.05. The summed E-state index contributed by atoms with van der Waals surface area (Å²) in [5, 5.41) is 3.28. The minimum absolute atomic E-state index is 0.905. The monoisotopic (exact) mass is 319 g/mol. The minimum atomic E-state index is 0.905. The van der Waals surface area contributed by atoms with Crippen LogP contribution in [0, 0.1) is 11.8 Å². The van der Waals surface area contributed by atoms with E-state index in [2.05, 4.69) is 63.1 Å². The Labute approximate surface area is 139 Å². The zero-order chi connectivity index (χ0) is 15.6. The van der Waals surface area contributed by atoms with E-state index in [0.717, 1.165) is 30.0 Å². The van der Waals surface area contributed by atoms with E-state index in [9.17, 15) is 0 Å². The number of hydrogen-bond donors (Lipinski definition) is 0. The summed E-state index contributed by atoms with van der Waals surface area (Å²) in [5.41, 5.74) is 3.54. The summed E-state index contributed by atoms with van der Waals surface area (Å²) in [6, 6.07) is 8.26. The summed E-state index contributed by atoms with van der Waals surface area (Å²) in [6.45, 7) is 1.90. The lowest BCUT2D eigenvalue weighted by molar-refractivity contribution is 0.803. The van der Waals surface area contributed by atoms with Gasteiger partial charge in [-0.25, -0.2) is 4.98 Å². The zero-order valence-corrected chi connectivity index (χ0v) is 13.8. The standard InChI is InChI=1S/C19H17N3S/c1-21-14-18(17-5-2-10-20-19(17)21)22-11-8-15(9-12-22)6-7-16-4-3-13-23-16/h2-5,8,10,13-14H,9,11-12H2,1H3. The highest BCUT2D eigenvalue weighted by molar-refractivity contribution is 7.10. The Balaban J connectivity index is 1.56. The highest BCUT2D eigenvalue weighted by atomic mass is 32.1. The molecule has 0 bridgehead atoms. The Morgan fingerprint density at radius 2 is 2.17 bits per heavy atom. The second-order valence-corrected chi connectivity index (χ2v) is 6.60. The van der Waals surface area contributed by atoms with Gasteiger partial charge in [-0.05, 0) is 30.0 Å². The van der Waals surface area contributed by atoms with Gasteiger partial charge in [-0.1, -0.05) is 24.0 Å². The van der Waals surface area contributed by atoms with Crippen LogP contribution in [0.25, 0.3) is 11.0 Å². The average molecular weight is 319 g/mol. The first-order chi connectivity index (χ1) is 11.3. The number of hydrogen-bond acceptors (Lipinski definition) is 3. The summed E-state index contributed by atoms with van der Waals surface area (Å²) < 4.78 is 2.10. The molecule has 3 aromatic rings. The molecule has 4 rings (SSSR count). The molecule has 0 amide bonds. The van der Waals surface area contributed by atoms with Crippen LogP contribution in [0.15, 0.2) is 53.7 Å². The van der Waals surface area contributed by atoms with Crippen molar-refractivity contribution in [3.05, 3.63) is 58.6 Å². The molecule has 3 aromatic heterocycles. The molecule has 0 spiro atoms. The van der Waals surface area contributed by atoms with E-state index in [1.807, 2.05) is 18.3 Å². The first-order valence-corrected chi connectivity index (χ1v) is 8.59. The quantitative estimate of drug-likeness (QED) is 0.636. The fourth-order valence-electron chi connectivity index (χ4n) is 2.94. The number of aromatic nitrogens is 2. The molecule has 4 heteroatoms. The van der Waals surface area contributed by atoms with Gasteiger partial charge in [-0.15, -0.1) is 11.3 Å². The SMILES string of the molecule is Cn1cc(N2CC=C(C#Cc3cccs3)CC2)c2cccnc21. The number of fused-ring (bicyclic) bond motifs is 1. The number of rotatable bonds is 1. The Morgan fingerprint density at radius 3 is 2.96 bits per heavy atom. The topological polar surface area (TPSA) is 21.1 Å². The van der Waals surface area contributed by atoms with Gasteiger partial charge >= 0.3 is 0 Å². The first kappa shape index (κ1) is 14.1. The second-order valence-electron chi connectivity index (χ2n) is 5.65. The molecule has 0 atom stereocenters. The molecule has 114 valence electrons. The number of anilines is 1. The van der Waals surface area contributed by atoms with E-state index in [1.54, 1.807) is 11.3 Å². The number of aryl methyl sites for hydroxylation is 1. The molecule has 0 aliphatic carbocycles. The van der Waals surface area contributed by atoms with Crippen molar-refractivity contribution < 1.29 is 0 Å². The van der Waals surface area contributed by atoms with Gasteiger partial charge in [-0.2, -0.15) is 0 Å². The Bertz CT molecular complexity index is 923. The van der Waals surface area contributed by atoms with Gasteiger partial charge in [0.2, 0.25) is 0 Å². The van der Waals surface area contributed by atoms with Crippen molar-refractivity contribution in [2.24, 2.45) is 7.05 Å². The molecular weight excluding hydrogens is 302 g/mol. The van der Waals surface area contributed by atoms with Crippen molar-refractivity contribution >= 4 is 28.1 Å². The molecule has 0 unspecified atom stereocenters. The smallest absolute Gasteiger partial charge is 0.141 e. The zero-order valence-electron chi connectivity index (χ0n) is 13.0. The van der Waals surface area contributed by atoms with Crippen molar-refractivity contribution in [2.75, 3.05) is 18.0 Å². The largest absolute Gasteiger partial charge is 0.366 e. The van der Waals surface area contributed by atoms with Gasteiger partial charge in [0.15, 0.2) is 0 Å². The fraction of sp³-hybridized carbons (Fsp3) is 0.211. The molecule has 4 heterocycles. The second kappa shape index (κ2) is 5.94. The molecule has 0 saturated heterocycles. The number of pyridine rings is 1. The Kier molecular flexibility index (Phi) is 3.64. The maximum Gasteiger partial charge on any atom is 0.141 e. The van der Waals surface area contributed by atoms with Crippen molar-refractivity contribution in [1.29, 1.82) is 0 Å². The van der Waals surface area contributed by atoms with Crippen molar-refractivity contribution in [3.8, 4) is 11.8 Å². The third kappa shape index (κ3) is 2.76. The molecule has 0 fully saturated rings. The third-order valence-electron chi connectivity index (χ3n) is 4.13. The van der Waals surface area contributed by atoms with E-state index >= 15 is 0 Å². The highest BCUT2D eigenvalue weighted by Gasteiger charge is 2.16.